The van der Waals surface area contributed by atoms with Crippen molar-refractivity contribution in [3.8, 4) is 0 Å². The fraction of sp³-hybridized carbons (Fsp3) is 1.00. The number of methoxy groups -OCH3 is 1. The molecule has 15 heavy (non-hydrogen) atoms. The van der Waals surface area contributed by atoms with E-state index in [-0.39, 0.29) is 0 Å². The van der Waals surface area contributed by atoms with Crippen LogP contribution in [-0.4, -0.2) is 50.8 Å². The third-order valence-corrected chi connectivity index (χ3v) is 3.16. The predicted molar refractivity (Wildman–Crippen MR) is 64.2 cm³/mol. The van der Waals surface area contributed by atoms with Crippen molar-refractivity contribution in [2.45, 2.75) is 38.6 Å². The van der Waals surface area contributed by atoms with Gasteiger partial charge in [0.05, 0.1) is 0 Å². The minimum atomic E-state index is 0.723. The van der Waals surface area contributed by atoms with Gasteiger partial charge in [0.2, 0.25) is 0 Å². The van der Waals surface area contributed by atoms with Gasteiger partial charge in [0.25, 0.3) is 0 Å². The van der Waals surface area contributed by atoms with Crippen LogP contribution in [0.5, 0.6) is 0 Å². The van der Waals surface area contributed by atoms with Crippen LogP contribution in [-0.2, 0) is 4.74 Å². The average molecular weight is 214 g/mol. The van der Waals surface area contributed by atoms with Gasteiger partial charge in [0.15, 0.2) is 0 Å². The smallest absolute Gasteiger partial charge is 0.0474 e. The number of rotatable bonds is 7. The van der Waals surface area contributed by atoms with E-state index in [0.717, 1.165) is 25.6 Å². The van der Waals surface area contributed by atoms with Crippen LogP contribution in [0.15, 0.2) is 0 Å². The molecule has 1 aliphatic heterocycles. The highest BCUT2D eigenvalue weighted by molar-refractivity contribution is 4.75. The summed E-state index contributed by atoms with van der Waals surface area (Å²) in [7, 11) is 1.78. The third-order valence-electron chi connectivity index (χ3n) is 3.16. The van der Waals surface area contributed by atoms with Crippen LogP contribution >= 0.6 is 0 Å². The van der Waals surface area contributed by atoms with E-state index in [1.807, 2.05) is 0 Å². The fourth-order valence-corrected chi connectivity index (χ4v) is 2.20. The molecule has 0 bridgehead atoms. The van der Waals surface area contributed by atoms with Crippen molar-refractivity contribution in [1.82, 2.24) is 10.2 Å². The van der Waals surface area contributed by atoms with E-state index in [1.54, 1.807) is 7.11 Å². The minimum absolute atomic E-state index is 0.723. The van der Waals surface area contributed by atoms with E-state index in [1.165, 1.54) is 38.9 Å². The highest BCUT2D eigenvalue weighted by Gasteiger charge is 2.15. The third kappa shape index (κ3) is 5.50. The van der Waals surface area contributed by atoms with E-state index in [0.29, 0.717) is 0 Å². The normalized spacial score (nSPS) is 22.2. The Kier molecular flexibility index (Phi) is 6.98. The number of piperidine rings is 1. The molecule has 1 saturated heterocycles. The molecule has 0 aromatic heterocycles. The zero-order chi connectivity index (χ0) is 10.9. The molecule has 3 nitrogen and oxygen atoms in total. The second kappa shape index (κ2) is 8.08. The highest BCUT2D eigenvalue weighted by Crippen LogP contribution is 2.08. The summed E-state index contributed by atoms with van der Waals surface area (Å²) < 4.78 is 5.08. The zero-order valence-electron chi connectivity index (χ0n) is 10.3. The number of ether oxygens (including phenoxy) is 1. The standard InChI is InChI=1S/C12H26N2O/c1-3-14(9-6-10-15-2)11-12-7-4-5-8-13-12/h12-13H,3-11H2,1-2H3. The quantitative estimate of drug-likeness (QED) is 0.650. The van der Waals surface area contributed by atoms with Crippen LogP contribution in [0.2, 0.25) is 0 Å². The Balaban J connectivity index is 2.13. The summed E-state index contributed by atoms with van der Waals surface area (Å²) in [4.78, 5) is 2.53. The van der Waals surface area contributed by atoms with Gasteiger partial charge in [-0.15, -0.1) is 0 Å². The van der Waals surface area contributed by atoms with Gasteiger partial charge in [-0.3, -0.25) is 0 Å². The van der Waals surface area contributed by atoms with Crippen LogP contribution in [0.25, 0.3) is 0 Å². The zero-order valence-corrected chi connectivity index (χ0v) is 10.3. The SMILES string of the molecule is CCN(CCCOC)CC1CCCCN1. The van der Waals surface area contributed by atoms with Crippen LogP contribution in [0, 0.1) is 0 Å². The van der Waals surface area contributed by atoms with Gasteiger partial charge in [-0.25, -0.2) is 0 Å². The number of nitrogens with zero attached hydrogens (tertiary/aromatic N) is 1. The van der Waals surface area contributed by atoms with E-state index in [4.69, 9.17) is 4.74 Å². The maximum atomic E-state index is 5.08. The minimum Gasteiger partial charge on any atom is -0.385 e. The molecule has 1 atom stereocenters. The maximum absolute atomic E-state index is 5.08. The lowest BCUT2D eigenvalue weighted by atomic mass is 10.0. The number of hydrogen-bond donors (Lipinski definition) is 1. The van der Waals surface area contributed by atoms with Gasteiger partial charge in [0, 0.05) is 32.8 Å². The monoisotopic (exact) mass is 214 g/mol. The van der Waals surface area contributed by atoms with Crippen molar-refractivity contribution in [3.05, 3.63) is 0 Å². The molecule has 1 N–H and O–H groups in total. The second-order valence-corrected chi connectivity index (χ2v) is 4.39. The fourth-order valence-electron chi connectivity index (χ4n) is 2.20. The van der Waals surface area contributed by atoms with Crippen molar-refractivity contribution < 1.29 is 4.74 Å². The van der Waals surface area contributed by atoms with Crippen LogP contribution in [0.4, 0.5) is 0 Å². The summed E-state index contributed by atoms with van der Waals surface area (Å²) in [5.41, 5.74) is 0. The Morgan fingerprint density at radius 3 is 2.87 bits per heavy atom. The number of nitrogens with one attached hydrogen (secondary N) is 1. The summed E-state index contributed by atoms with van der Waals surface area (Å²) in [6.07, 6.45) is 5.25. The van der Waals surface area contributed by atoms with Gasteiger partial charge in [-0.2, -0.15) is 0 Å². The Hall–Kier alpha value is -0.120. The van der Waals surface area contributed by atoms with Crippen molar-refractivity contribution in [1.29, 1.82) is 0 Å². The Morgan fingerprint density at radius 1 is 1.40 bits per heavy atom. The molecule has 1 heterocycles. The van der Waals surface area contributed by atoms with Crippen molar-refractivity contribution >= 4 is 0 Å². The van der Waals surface area contributed by atoms with Gasteiger partial charge < -0.3 is 15.0 Å². The topological polar surface area (TPSA) is 24.5 Å². The van der Waals surface area contributed by atoms with Crippen molar-refractivity contribution in [2.24, 2.45) is 0 Å². The lowest BCUT2D eigenvalue weighted by Crippen LogP contribution is -2.44. The molecule has 1 unspecified atom stereocenters. The van der Waals surface area contributed by atoms with Crippen molar-refractivity contribution in [3.63, 3.8) is 0 Å². The summed E-state index contributed by atoms with van der Waals surface area (Å²) in [6, 6.07) is 0.723. The van der Waals surface area contributed by atoms with Crippen molar-refractivity contribution in [2.75, 3.05) is 39.9 Å². The van der Waals surface area contributed by atoms with Gasteiger partial charge >= 0.3 is 0 Å². The molecular weight excluding hydrogens is 188 g/mol. The molecule has 0 spiro atoms. The average Bonchev–Trinajstić information content (AvgIpc) is 2.29. The van der Waals surface area contributed by atoms with E-state index < -0.39 is 0 Å². The number of likely N-dealkylation sites (N-methyl/N-ethyl adjacent to an activating group) is 1. The van der Waals surface area contributed by atoms with Gasteiger partial charge in [-0.05, 0) is 32.4 Å². The first-order valence-electron chi connectivity index (χ1n) is 6.31. The van der Waals surface area contributed by atoms with E-state index in [2.05, 4.69) is 17.1 Å². The largest absolute Gasteiger partial charge is 0.385 e. The molecule has 1 rings (SSSR count). The Labute approximate surface area is 94.2 Å². The molecule has 0 amide bonds. The Morgan fingerprint density at radius 2 is 2.27 bits per heavy atom. The van der Waals surface area contributed by atoms with Gasteiger partial charge in [-0.1, -0.05) is 13.3 Å². The predicted octanol–water partition coefficient (Wildman–Crippen LogP) is 1.49. The Bertz CT molecular complexity index is 147. The van der Waals surface area contributed by atoms with Gasteiger partial charge in [0.1, 0.15) is 0 Å². The molecule has 1 aliphatic rings. The summed E-state index contributed by atoms with van der Waals surface area (Å²) in [5.74, 6) is 0. The summed E-state index contributed by atoms with van der Waals surface area (Å²) in [6.45, 7) is 7.87. The first kappa shape index (κ1) is 12.9. The molecule has 3 heteroatoms. The second-order valence-electron chi connectivity index (χ2n) is 4.39. The van der Waals surface area contributed by atoms with E-state index in [9.17, 15) is 0 Å². The lowest BCUT2D eigenvalue weighted by Gasteiger charge is -2.29. The lowest BCUT2D eigenvalue weighted by molar-refractivity contribution is 0.165. The maximum Gasteiger partial charge on any atom is 0.0474 e. The molecule has 0 aromatic carbocycles. The highest BCUT2D eigenvalue weighted by atomic mass is 16.5. The van der Waals surface area contributed by atoms with Crippen LogP contribution < -0.4 is 5.32 Å². The first-order valence-corrected chi connectivity index (χ1v) is 6.31. The molecule has 0 aliphatic carbocycles. The molecule has 0 aromatic rings. The van der Waals surface area contributed by atoms with Crippen LogP contribution in [0.3, 0.4) is 0 Å². The molecule has 90 valence electrons. The van der Waals surface area contributed by atoms with E-state index >= 15 is 0 Å². The van der Waals surface area contributed by atoms with Crippen LogP contribution in [0.1, 0.15) is 32.6 Å². The molecule has 0 radical (unpaired) electrons. The molecular formula is C12H26N2O. The molecule has 1 fully saturated rings. The number of hydrogen-bond acceptors (Lipinski definition) is 3. The summed E-state index contributed by atoms with van der Waals surface area (Å²) >= 11 is 0. The first-order chi connectivity index (χ1) is 7.36. The molecule has 0 saturated carbocycles. The summed E-state index contributed by atoms with van der Waals surface area (Å²) in [5, 5.41) is 3.60.